The molecule has 0 saturated carbocycles. The Balaban J connectivity index is 1.70. The molecule has 2 heteroatoms. The maximum absolute atomic E-state index is 6.21. The van der Waals surface area contributed by atoms with E-state index in [2.05, 4.69) is 115 Å². The van der Waals surface area contributed by atoms with Crippen molar-refractivity contribution in [2.75, 3.05) is 0 Å². The molecule has 30 heavy (non-hydrogen) atoms. The van der Waals surface area contributed by atoms with Gasteiger partial charge >= 0.3 is 0 Å². The van der Waals surface area contributed by atoms with E-state index < -0.39 is 0 Å². The Morgan fingerprint density at radius 3 is 1.70 bits per heavy atom. The van der Waals surface area contributed by atoms with Crippen LogP contribution < -0.4 is 0 Å². The third-order valence-corrected chi connectivity index (χ3v) is 6.96. The first-order chi connectivity index (χ1) is 14.7. The van der Waals surface area contributed by atoms with E-state index in [1.807, 2.05) is 0 Å². The monoisotopic (exact) mass is 411 g/mol. The van der Waals surface area contributed by atoms with E-state index in [1.165, 1.54) is 16.7 Å². The highest BCUT2D eigenvalue weighted by atomic mass is 32.1. The zero-order chi connectivity index (χ0) is 20.9. The number of benzene rings is 3. The molecular formula is C28H29NS. The van der Waals surface area contributed by atoms with Crippen molar-refractivity contribution in [3.63, 3.8) is 0 Å². The molecule has 3 aromatic rings. The Labute approximate surface area is 186 Å². The number of allylic oxidation sites excluding steroid dienone is 1. The van der Waals surface area contributed by atoms with Gasteiger partial charge in [-0.15, -0.1) is 6.58 Å². The fourth-order valence-corrected chi connectivity index (χ4v) is 5.22. The highest BCUT2D eigenvalue weighted by Crippen LogP contribution is 2.46. The Morgan fingerprint density at radius 2 is 1.27 bits per heavy atom. The number of hydrogen-bond donors (Lipinski definition) is 0. The predicted molar refractivity (Wildman–Crippen MR) is 131 cm³/mol. The van der Waals surface area contributed by atoms with Gasteiger partial charge in [0.1, 0.15) is 0 Å². The normalized spacial score (nSPS) is 20.5. The molecule has 1 fully saturated rings. The van der Waals surface area contributed by atoms with Gasteiger partial charge < -0.3 is 4.90 Å². The van der Waals surface area contributed by atoms with Crippen LogP contribution in [0.2, 0.25) is 0 Å². The van der Waals surface area contributed by atoms with E-state index in [0.717, 1.165) is 17.8 Å². The highest BCUT2D eigenvalue weighted by molar-refractivity contribution is 7.80. The van der Waals surface area contributed by atoms with E-state index in [4.69, 9.17) is 12.2 Å². The third-order valence-electron chi connectivity index (χ3n) is 6.37. The lowest BCUT2D eigenvalue weighted by Crippen LogP contribution is -2.37. The quantitative estimate of drug-likeness (QED) is 0.305. The van der Waals surface area contributed by atoms with Gasteiger partial charge in [0.15, 0.2) is 0 Å². The lowest BCUT2D eigenvalue weighted by Gasteiger charge is -2.37. The summed E-state index contributed by atoms with van der Waals surface area (Å²) in [6.45, 7) is 6.40. The van der Waals surface area contributed by atoms with Crippen LogP contribution in [0, 0.1) is 5.92 Å². The summed E-state index contributed by atoms with van der Waals surface area (Å²) < 4.78 is 0. The van der Waals surface area contributed by atoms with Crippen molar-refractivity contribution in [2.24, 2.45) is 5.92 Å². The fraction of sp³-hybridized carbons (Fsp3) is 0.250. The highest BCUT2D eigenvalue weighted by Gasteiger charge is 2.39. The first-order valence-corrected chi connectivity index (χ1v) is 11.2. The Bertz CT molecular complexity index is 920. The smallest absolute Gasteiger partial charge is 0.0827 e. The maximum Gasteiger partial charge on any atom is 0.0827 e. The molecular weight excluding hydrogens is 382 g/mol. The molecule has 0 aliphatic carbocycles. The van der Waals surface area contributed by atoms with Crippen molar-refractivity contribution in [3.05, 3.63) is 120 Å². The van der Waals surface area contributed by atoms with Crippen LogP contribution in [0.5, 0.6) is 0 Å². The Kier molecular flexibility index (Phi) is 6.44. The average Bonchev–Trinajstić information content (AvgIpc) is 3.26. The van der Waals surface area contributed by atoms with E-state index >= 15 is 0 Å². The molecule has 4 atom stereocenters. The van der Waals surface area contributed by atoms with Crippen LogP contribution in [0.25, 0.3) is 0 Å². The molecule has 1 heterocycles. The molecule has 0 bridgehead atoms. The topological polar surface area (TPSA) is 3.24 Å². The van der Waals surface area contributed by atoms with Crippen LogP contribution in [0.15, 0.2) is 104 Å². The molecule has 1 aliphatic rings. The zero-order valence-electron chi connectivity index (χ0n) is 17.5. The minimum Gasteiger partial charge on any atom is -0.352 e. The van der Waals surface area contributed by atoms with E-state index in [0.29, 0.717) is 12.1 Å². The predicted octanol–water partition coefficient (Wildman–Crippen LogP) is 7.50. The second-order valence-electron chi connectivity index (χ2n) is 8.14. The maximum atomic E-state index is 6.21. The fourth-order valence-electron chi connectivity index (χ4n) is 4.82. The van der Waals surface area contributed by atoms with Gasteiger partial charge in [0, 0.05) is 11.8 Å². The van der Waals surface area contributed by atoms with Crippen LogP contribution in [0.3, 0.4) is 0 Å². The summed E-state index contributed by atoms with van der Waals surface area (Å²) in [5.41, 5.74) is 3.97. The van der Waals surface area contributed by atoms with Crippen LogP contribution in [-0.2, 0) is 0 Å². The van der Waals surface area contributed by atoms with Crippen molar-refractivity contribution in [1.82, 2.24) is 4.90 Å². The van der Waals surface area contributed by atoms with Crippen molar-refractivity contribution in [3.8, 4) is 0 Å². The molecule has 1 saturated heterocycles. The summed E-state index contributed by atoms with van der Waals surface area (Å²) in [5.74, 6) is 0.391. The zero-order valence-corrected chi connectivity index (χ0v) is 18.3. The van der Waals surface area contributed by atoms with E-state index in [9.17, 15) is 0 Å². The average molecular weight is 412 g/mol. The van der Waals surface area contributed by atoms with Gasteiger partial charge in [-0.2, -0.15) is 0 Å². The molecule has 1 nitrogen and oxygen atoms in total. The van der Waals surface area contributed by atoms with Crippen molar-refractivity contribution >= 4 is 17.2 Å². The molecule has 0 unspecified atom stereocenters. The SMILES string of the molecule is C=C[C@@H](c1ccccc1)[C@H](C)C(=S)N1[C@@H](c2ccccc2)CC[C@@H]1c1ccccc1. The number of rotatable bonds is 6. The van der Waals surface area contributed by atoms with Gasteiger partial charge in [-0.1, -0.05) is 116 Å². The number of likely N-dealkylation sites (tertiary alicyclic amines) is 1. The summed E-state index contributed by atoms with van der Waals surface area (Å²) in [6, 6.07) is 32.9. The first-order valence-electron chi connectivity index (χ1n) is 10.8. The summed E-state index contributed by atoms with van der Waals surface area (Å²) in [5, 5.41) is 0. The summed E-state index contributed by atoms with van der Waals surface area (Å²) in [4.78, 5) is 3.55. The molecule has 152 valence electrons. The van der Waals surface area contributed by atoms with Crippen LogP contribution in [0.1, 0.15) is 54.5 Å². The molecule has 3 aromatic carbocycles. The first kappa shape index (κ1) is 20.6. The Hall–Kier alpha value is -2.71. The van der Waals surface area contributed by atoms with Gasteiger partial charge in [-0.05, 0) is 29.5 Å². The largest absolute Gasteiger partial charge is 0.352 e. The lowest BCUT2D eigenvalue weighted by atomic mass is 9.86. The minimum atomic E-state index is 0.190. The van der Waals surface area contributed by atoms with Gasteiger partial charge in [0.25, 0.3) is 0 Å². The van der Waals surface area contributed by atoms with Crippen molar-refractivity contribution in [1.29, 1.82) is 0 Å². The van der Waals surface area contributed by atoms with Crippen molar-refractivity contribution < 1.29 is 0 Å². The standard InChI is InChI=1S/C28H29NS/c1-3-25(22-13-7-4-8-14-22)21(2)28(30)29-26(23-15-9-5-10-16-23)19-20-27(29)24-17-11-6-12-18-24/h3-18,21,25-27H,1,19-20H2,2H3/t21-,25+,26+,27+/m0/s1. The van der Waals surface area contributed by atoms with E-state index in [1.54, 1.807) is 0 Å². The number of hydrogen-bond acceptors (Lipinski definition) is 1. The number of thiocarbonyl (C=S) groups is 1. The van der Waals surface area contributed by atoms with Crippen LogP contribution >= 0.6 is 12.2 Å². The second kappa shape index (κ2) is 9.40. The molecule has 0 spiro atoms. The van der Waals surface area contributed by atoms with Crippen molar-refractivity contribution in [2.45, 2.75) is 37.8 Å². The second-order valence-corrected chi connectivity index (χ2v) is 8.55. The summed E-state index contributed by atoms with van der Waals surface area (Å²) in [7, 11) is 0. The van der Waals surface area contributed by atoms with Crippen LogP contribution in [0.4, 0.5) is 0 Å². The van der Waals surface area contributed by atoms with Gasteiger partial charge in [0.2, 0.25) is 0 Å². The third kappa shape index (κ3) is 4.11. The minimum absolute atomic E-state index is 0.190. The van der Waals surface area contributed by atoms with Crippen LogP contribution in [-0.4, -0.2) is 9.89 Å². The molecule has 0 amide bonds. The molecule has 0 radical (unpaired) electrons. The summed E-state index contributed by atoms with van der Waals surface area (Å²) in [6.07, 6.45) is 4.28. The van der Waals surface area contributed by atoms with Gasteiger partial charge in [-0.3, -0.25) is 0 Å². The molecule has 0 N–H and O–H groups in total. The van der Waals surface area contributed by atoms with E-state index in [-0.39, 0.29) is 11.8 Å². The summed E-state index contributed by atoms with van der Waals surface area (Å²) >= 11 is 6.21. The molecule has 0 aromatic heterocycles. The molecule has 1 aliphatic heterocycles. The Morgan fingerprint density at radius 1 is 0.833 bits per heavy atom. The molecule has 4 rings (SSSR count). The number of nitrogens with zero attached hydrogens (tertiary/aromatic N) is 1. The van der Waals surface area contributed by atoms with Gasteiger partial charge in [-0.25, -0.2) is 0 Å². The lowest BCUT2D eigenvalue weighted by molar-refractivity contribution is 0.311. The van der Waals surface area contributed by atoms with Gasteiger partial charge in [0.05, 0.1) is 17.1 Å².